The maximum atomic E-state index is 12.5. The van der Waals surface area contributed by atoms with Crippen LogP contribution in [0.15, 0.2) is 70.0 Å². The molecule has 29 heavy (non-hydrogen) atoms. The largest absolute Gasteiger partial charge is 0.280 e. The molecule has 1 heterocycles. The lowest BCUT2D eigenvalue weighted by Crippen LogP contribution is -2.19. The third-order valence-corrected chi connectivity index (χ3v) is 6.85. The number of amides is 1. The molecule has 8 heteroatoms. The van der Waals surface area contributed by atoms with Gasteiger partial charge in [0.15, 0.2) is 0 Å². The van der Waals surface area contributed by atoms with Crippen LogP contribution < -0.4 is 10.1 Å². The molecule has 2 aromatic carbocycles. The van der Waals surface area contributed by atoms with Crippen LogP contribution in [0.4, 0.5) is 5.69 Å². The molecule has 0 saturated carbocycles. The average molecular weight is 428 g/mol. The van der Waals surface area contributed by atoms with Gasteiger partial charge in [0.25, 0.3) is 15.9 Å². The molecule has 0 aliphatic heterocycles. The molecular weight excluding hydrogens is 406 g/mol. The van der Waals surface area contributed by atoms with E-state index in [2.05, 4.69) is 15.2 Å². The number of hydrogen-bond donors (Lipinski definition) is 2. The molecule has 0 unspecified atom stereocenters. The van der Waals surface area contributed by atoms with Crippen molar-refractivity contribution in [2.45, 2.75) is 25.7 Å². The van der Waals surface area contributed by atoms with Gasteiger partial charge in [-0.3, -0.25) is 9.52 Å². The zero-order chi connectivity index (χ0) is 21.0. The van der Waals surface area contributed by atoms with Gasteiger partial charge in [-0.15, -0.1) is 11.3 Å². The fraction of sp³-hybridized carbons (Fsp3) is 0.143. The van der Waals surface area contributed by atoms with Crippen molar-refractivity contribution < 1.29 is 13.2 Å². The van der Waals surface area contributed by atoms with E-state index in [1.807, 2.05) is 19.2 Å². The number of rotatable bonds is 6. The maximum absolute atomic E-state index is 12.5. The molecule has 0 radical (unpaired) electrons. The minimum atomic E-state index is -3.68. The van der Waals surface area contributed by atoms with Gasteiger partial charge in [0.1, 0.15) is 0 Å². The molecule has 3 rings (SSSR count). The minimum Gasteiger partial charge on any atom is -0.280 e. The SMILES string of the molecule is C/C(=N\NC(=O)c1csc(C)c1C)c1cccc(NS(=O)(=O)c2ccccc2)c1. The summed E-state index contributed by atoms with van der Waals surface area (Å²) in [4.78, 5) is 13.6. The minimum absolute atomic E-state index is 0.185. The van der Waals surface area contributed by atoms with E-state index in [4.69, 9.17) is 0 Å². The van der Waals surface area contributed by atoms with Gasteiger partial charge in [-0.25, -0.2) is 13.8 Å². The van der Waals surface area contributed by atoms with Crippen LogP contribution in [0.3, 0.4) is 0 Å². The maximum Gasteiger partial charge on any atom is 0.272 e. The summed E-state index contributed by atoms with van der Waals surface area (Å²) in [6.07, 6.45) is 0. The standard InChI is InChI=1S/C21H21N3O3S2/c1-14-16(3)28-13-20(14)21(25)23-22-15(2)17-8-7-9-18(12-17)24-29(26,27)19-10-5-4-6-11-19/h4-13,24H,1-3H3,(H,23,25)/b22-15+. The Bertz CT molecular complexity index is 1170. The topological polar surface area (TPSA) is 87.6 Å². The predicted octanol–water partition coefficient (Wildman–Crippen LogP) is 4.32. The third-order valence-electron chi connectivity index (χ3n) is 4.44. The quantitative estimate of drug-likeness (QED) is 0.454. The summed E-state index contributed by atoms with van der Waals surface area (Å²) in [7, 11) is -3.68. The summed E-state index contributed by atoms with van der Waals surface area (Å²) in [5.41, 5.74) is 5.77. The first-order valence-electron chi connectivity index (χ1n) is 8.85. The fourth-order valence-corrected chi connectivity index (χ4v) is 4.55. The van der Waals surface area contributed by atoms with Gasteiger partial charge in [0.05, 0.1) is 16.2 Å². The summed E-state index contributed by atoms with van der Waals surface area (Å²) in [6, 6.07) is 15.0. The van der Waals surface area contributed by atoms with E-state index in [1.165, 1.54) is 23.5 Å². The first-order chi connectivity index (χ1) is 13.8. The number of nitrogens with zero attached hydrogens (tertiary/aromatic N) is 1. The summed E-state index contributed by atoms with van der Waals surface area (Å²) < 4.78 is 27.5. The highest BCUT2D eigenvalue weighted by molar-refractivity contribution is 7.92. The molecule has 0 atom stereocenters. The van der Waals surface area contributed by atoms with Crippen LogP contribution in [-0.4, -0.2) is 20.0 Å². The van der Waals surface area contributed by atoms with Crippen LogP contribution in [-0.2, 0) is 10.0 Å². The zero-order valence-corrected chi connectivity index (χ0v) is 17.9. The Morgan fingerprint density at radius 1 is 1.03 bits per heavy atom. The zero-order valence-electron chi connectivity index (χ0n) is 16.3. The number of anilines is 1. The predicted molar refractivity (Wildman–Crippen MR) is 117 cm³/mol. The van der Waals surface area contributed by atoms with Gasteiger partial charge in [-0.05, 0) is 56.2 Å². The average Bonchev–Trinajstić information content (AvgIpc) is 3.05. The van der Waals surface area contributed by atoms with E-state index in [-0.39, 0.29) is 10.8 Å². The number of thiophene rings is 1. The Hall–Kier alpha value is -2.97. The summed E-state index contributed by atoms with van der Waals surface area (Å²) in [5.74, 6) is -0.271. The highest BCUT2D eigenvalue weighted by Gasteiger charge is 2.14. The summed E-state index contributed by atoms with van der Waals surface area (Å²) >= 11 is 1.52. The molecule has 0 bridgehead atoms. The fourth-order valence-electron chi connectivity index (χ4n) is 2.62. The van der Waals surface area contributed by atoms with Crippen molar-refractivity contribution in [2.75, 3.05) is 4.72 Å². The first kappa shape index (κ1) is 20.8. The highest BCUT2D eigenvalue weighted by atomic mass is 32.2. The van der Waals surface area contributed by atoms with Crippen LogP contribution in [0.25, 0.3) is 0 Å². The third kappa shape index (κ3) is 4.90. The van der Waals surface area contributed by atoms with Crippen molar-refractivity contribution in [3.05, 3.63) is 81.5 Å². The first-order valence-corrected chi connectivity index (χ1v) is 11.2. The van der Waals surface area contributed by atoms with Crippen molar-refractivity contribution in [1.82, 2.24) is 5.43 Å². The molecule has 1 aromatic heterocycles. The molecule has 150 valence electrons. The summed E-state index contributed by atoms with van der Waals surface area (Å²) in [6.45, 7) is 5.61. The Morgan fingerprint density at radius 3 is 2.41 bits per heavy atom. The summed E-state index contributed by atoms with van der Waals surface area (Å²) in [5, 5.41) is 5.97. The second kappa shape index (κ2) is 8.59. The highest BCUT2D eigenvalue weighted by Crippen LogP contribution is 2.20. The number of benzene rings is 2. The lowest BCUT2D eigenvalue weighted by Gasteiger charge is -2.10. The second-order valence-electron chi connectivity index (χ2n) is 6.47. The molecule has 3 aromatic rings. The van der Waals surface area contributed by atoms with E-state index in [0.717, 1.165) is 10.4 Å². The molecule has 1 amide bonds. The van der Waals surface area contributed by atoms with Gasteiger partial charge in [-0.2, -0.15) is 5.10 Å². The monoisotopic (exact) mass is 427 g/mol. The number of hydrogen-bond acceptors (Lipinski definition) is 5. The molecule has 0 aliphatic carbocycles. The van der Waals surface area contributed by atoms with Crippen LogP contribution in [0.2, 0.25) is 0 Å². The molecular formula is C21H21N3O3S2. The Balaban J connectivity index is 1.75. The van der Waals surface area contributed by atoms with Gasteiger partial charge in [0.2, 0.25) is 0 Å². The Labute approximate surface area is 174 Å². The van der Waals surface area contributed by atoms with Crippen LogP contribution >= 0.6 is 11.3 Å². The number of sulfonamides is 1. The number of nitrogens with one attached hydrogen (secondary N) is 2. The van der Waals surface area contributed by atoms with E-state index in [0.29, 0.717) is 22.5 Å². The number of carbonyl (C=O) groups is 1. The Morgan fingerprint density at radius 2 is 1.76 bits per heavy atom. The van der Waals surface area contributed by atoms with Gasteiger partial charge >= 0.3 is 0 Å². The van der Waals surface area contributed by atoms with Gasteiger partial charge in [0, 0.05) is 15.9 Å². The van der Waals surface area contributed by atoms with E-state index in [9.17, 15) is 13.2 Å². The second-order valence-corrected chi connectivity index (χ2v) is 9.23. The van der Waals surface area contributed by atoms with E-state index < -0.39 is 10.0 Å². The van der Waals surface area contributed by atoms with Crippen LogP contribution in [0.1, 0.15) is 33.3 Å². The lowest BCUT2D eigenvalue weighted by molar-refractivity contribution is 0.0954. The Kier molecular flexibility index (Phi) is 6.14. The number of aryl methyl sites for hydroxylation is 1. The van der Waals surface area contributed by atoms with Gasteiger partial charge in [-0.1, -0.05) is 30.3 Å². The van der Waals surface area contributed by atoms with E-state index >= 15 is 0 Å². The number of carbonyl (C=O) groups excluding carboxylic acids is 1. The van der Waals surface area contributed by atoms with Crippen LogP contribution in [0.5, 0.6) is 0 Å². The molecule has 0 fully saturated rings. The number of hydrazone groups is 1. The smallest absolute Gasteiger partial charge is 0.272 e. The van der Waals surface area contributed by atoms with Crippen molar-refractivity contribution in [3.63, 3.8) is 0 Å². The van der Waals surface area contributed by atoms with Crippen molar-refractivity contribution in [3.8, 4) is 0 Å². The van der Waals surface area contributed by atoms with Gasteiger partial charge < -0.3 is 0 Å². The molecule has 0 aliphatic rings. The van der Waals surface area contributed by atoms with E-state index in [1.54, 1.807) is 49.4 Å². The molecule has 0 spiro atoms. The normalized spacial score (nSPS) is 11.9. The molecule has 0 saturated heterocycles. The molecule has 6 nitrogen and oxygen atoms in total. The van der Waals surface area contributed by atoms with Crippen molar-refractivity contribution >= 4 is 38.7 Å². The lowest BCUT2D eigenvalue weighted by atomic mass is 10.1. The van der Waals surface area contributed by atoms with Crippen molar-refractivity contribution in [2.24, 2.45) is 5.10 Å². The van der Waals surface area contributed by atoms with Crippen molar-refractivity contribution in [1.29, 1.82) is 0 Å². The van der Waals surface area contributed by atoms with Crippen LogP contribution in [0, 0.1) is 13.8 Å². The molecule has 2 N–H and O–H groups in total.